The van der Waals surface area contributed by atoms with Crippen LogP contribution in [0.2, 0.25) is 0 Å². The zero-order valence-electron chi connectivity index (χ0n) is 25.5. The van der Waals surface area contributed by atoms with E-state index in [1.54, 1.807) is 24.3 Å². The summed E-state index contributed by atoms with van der Waals surface area (Å²) in [7, 11) is 3.47. The van der Waals surface area contributed by atoms with Crippen molar-refractivity contribution in [3.05, 3.63) is 77.1 Å². The number of likely N-dealkylation sites (N-methyl/N-ethyl adjacent to an activating group) is 1. The first-order chi connectivity index (χ1) is 21.3. The van der Waals surface area contributed by atoms with Gasteiger partial charge in [0.2, 0.25) is 0 Å². The second-order valence-corrected chi connectivity index (χ2v) is 11.5. The van der Waals surface area contributed by atoms with E-state index in [0.29, 0.717) is 30.2 Å². The van der Waals surface area contributed by atoms with Gasteiger partial charge < -0.3 is 15.0 Å². The smallest absolute Gasteiger partial charge is 0.416 e. The quantitative estimate of drug-likeness (QED) is 0.349. The fourth-order valence-electron chi connectivity index (χ4n) is 5.41. The maximum absolute atomic E-state index is 14.2. The third kappa shape index (κ3) is 6.94. The van der Waals surface area contributed by atoms with Gasteiger partial charge in [-0.1, -0.05) is 19.9 Å². The van der Waals surface area contributed by atoms with Gasteiger partial charge in [-0.25, -0.2) is 9.69 Å². The summed E-state index contributed by atoms with van der Waals surface area (Å²) in [5.74, 6) is -0.213. The average molecular weight is 625 g/mol. The summed E-state index contributed by atoms with van der Waals surface area (Å²) in [5, 5.41) is 2.51. The predicted molar refractivity (Wildman–Crippen MR) is 163 cm³/mol. The van der Waals surface area contributed by atoms with Gasteiger partial charge in [0.25, 0.3) is 11.8 Å². The van der Waals surface area contributed by atoms with E-state index in [9.17, 15) is 27.6 Å². The van der Waals surface area contributed by atoms with E-state index in [1.807, 2.05) is 25.8 Å². The first kappa shape index (κ1) is 31.9. The number of anilines is 2. The molecular weight excluding hydrogens is 589 g/mol. The Hall–Kier alpha value is -4.49. The lowest BCUT2D eigenvalue weighted by Crippen LogP contribution is -2.44. The number of amides is 4. The number of rotatable bonds is 8. The molecule has 3 aromatic rings. The number of piperazine rings is 1. The topological polar surface area (TPSA) is 98.3 Å². The highest BCUT2D eigenvalue weighted by Crippen LogP contribution is 2.38. The molecule has 10 nitrogen and oxygen atoms in total. The Morgan fingerprint density at radius 3 is 2.38 bits per heavy atom. The number of nitrogens with one attached hydrogen (secondary N) is 1. The molecule has 2 saturated heterocycles. The minimum absolute atomic E-state index is 0.000975. The maximum atomic E-state index is 14.2. The van der Waals surface area contributed by atoms with Crippen LogP contribution in [-0.4, -0.2) is 79.4 Å². The summed E-state index contributed by atoms with van der Waals surface area (Å²) in [6.07, 6.45) is -3.19. The Balaban J connectivity index is 1.39. The first-order valence-corrected chi connectivity index (χ1v) is 14.6. The monoisotopic (exact) mass is 624 g/mol. The molecular formula is C32H35F3N6O4. The van der Waals surface area contributed by atoms with Gasteiger partial charge in [-0.05, 0) is 60.5 Å². The molecule has 13 heteroatoms. The minimum Gasteiger partial charge on any atom is -0.457 e. The van der Waals surface area contributed by atoms with Gasteiger partial charge >= 0.3 is 12.2 Å². The Morgan fingerprint density at radius 1 is 1.00 bits per heavy atom. The number of hydrogen-bond donors (Lipinski definition) is 1. The fourth-order valence-corrected chi connectivity index (χ4v) is 5.41. The summed E-state index contributed by atoms with van der Waals surface area (Å²) in [5.41, 5.74) is 0.423. The molecule has 0 atom stereocenters. The summed E-state index contributed by atoms with van der Waals surface area (Å²) in [6, 6.07) is 11.0. The minimum atomic E-state index is -4.64. The number of nitrogens with zero attached hydrogens (tertiary/aromatic N) is 5. The summed E-state index contributed by atoms with van der Waals surface area (Å²) in [4.78, 5) is 48.9. The van der Waals surface area contributed by atoms with Crippen LogP contribution < -0.4 is 19.9 Å². The van der Waals surface area contributed by atoms with Gasteiger partial charge in [0.05, 0.1) is 11.3 Å². The number of carbonyl (C=O) groups is 3. The maximum Gasteiger partial charge on any atom is 0.416 e. The van der Waals surface area contributed by atoms with E-state index in [0.717, 1.165) is 29.0 Å². The molecule has 45 heavy (non-hydrogen) atoms. The lowest BCUT2D eigenvalue weighted by atomic mass is 10.0. The Bertz CT molecular complexity index is 1600. The van der Waals surface area contributed by atoms with Crippen molar-refractivity contribution in [2.45, 2.75) is 32.5 Å². The normalized spacial score (nSPS) is 16.5. The highest BCUT2D eigenvalue weighted by Gasteiger charge is 2.40. The van der Waals surface area contributed by atoms with Crippen LogP contribution in [-0.2, 0) is 17.5 Å². The molecule has 2 aromatic carbocycles. The van der Waals surface area contributed by atoms with Crippen molar-refractivity contribution in [3.8, 4) is 11.5 Å². The predicted octanol–water partition coefficient (Wildman–Crippen LogP) is 5.10. The molecule has 2 aliphatic rings. The van der Waals surface area contributed by atoms with E-state index >= 15 is 0 Å². The molecule has 3 heterocycles. The molecule has 0 saturated carbocycles. The molecule has 0 aliphatic carbocycles. The molecule has 0 radical (unpaired) electrons. The Labute approximate surface area is 259 Å². The molecule has 0 unspecified atom stereocenters. The van der Waals surface area contributed by atoms with Crippen LogP contribution >= 0.6 is 0 Å². The van der Waals surface area contributed by atoms with E-state index < -0.39 is 30.2 Å². The van der Waals surface area contributed by atoms with Gasteiger partial charge in [0.1, 0.15) is 23.7 Å². The van der Waals surface area contributed by atoms with Crippen molar-refractivity contribution in [1.29, 1.82) is 0 Å². The highest BCUT2D eigenvalue weighted by atomic mass is 19.4. The van der Waals surface area contributed by atoms with Crippen molar-refractivity contribution in [2.24, 2.45) is 0 Å². The third-order valence-corrected chi connectivity index (χ3v) is 7.96. The SMILES string of the molecule is CNC(=O)c1cc(Oc2ccc(N3C(=O)CN(c4ccc(CN5CCN(C)CC5)c(C(F)(F)F)c4)C3=O)cc2C(C)C)ccn1. The van der Waals surface area contributed by atoms with Crippen LogP contribution in [0, 0.1) is 0 Å². The first-order valence-electron chi connectivity index (χ1n) is 14.6. The van der Waals surface area contributed by atoms with Crippen LogP contribution in [0.4, 0.5) is 29.3 Å². The average Bonchev–Trinajstić information content (AvgIpc) is 3.31. The van der Waals surface area contributed by atoms with Gasteiger partial charge in [-0.15, -0.1) is 0 Å². The summed E-state index contributed by atoms with van der Waals surface area (Å²) in [6.45, 7) is 6.43. The van der Waals surface area contributed by atoms with E-state index in [4.69, 9.17) is 4.74 Å². The lowest BCUT2D eigenvalue weighted by molar-refractivity contribution is -0.138. The van der Waals surface area contributed by atoms with Crippen LogP contribution in [0.15, 0.2) is 54.7 Å². The van der Waals surface area contributed by atoms with Gasteiger partial charge in [0.15, 0.2) is 0 Å². The number of aromatic nitrogens is 1. The lowest BCUT2D eigenvalue weighted by Gasteiger charge is -2.33. The third-order valence-electron chi connectivity index (χ3n) is 7.96. The number of benzene rings is 2. The number of carbonyl (C=O) groups excluding carboxylic acids is 3. The van der Waals surface area contributed by atoms with Crippen molar-refractivity contribution in [2.75, 3.05) is 56.6 Å². The van der Waals surface area contributed by atoms with Gasteiger partial charge in [-0.2, -0.15) is 13.2 Å². The molecule has 5 rings (SSSR count). The van der Waals surface area contributed by atoms with Crippen LogP contribution in [0.3, 0.4) is 0 Å². The second-order valence-electron chi connectivity index (χ2n) is 11.5. The number of halogens is 3. The zero-order chi connectivity index (χ0) is 32.5. The summed E-state index contributed by atoms with van der Waals surface area (Å²) < 4.78 is 48.6. The standard InChI is InChI=1S/C32H35F3N6O4/c1-20(2)25-15-23(7-8-28(25)45-24-9-10-37-27(17-24)30(43)36-3)41-29(42)19-40(31(41)44)22-6-5-21(26(16-22)32(33,34)35)18-39-13-11-38(4)12-14-39/h5-10,15-17,20H,11-14,18-19H2,1-4H3,(H,36,43). The van der Waals surface area contributed by atoms with E-state index in [-0.39, 0.29) is 41.0 Å². The Kier molecular flexibility index (Phi) is 9.12. The van der Waals surface area contributed by atoms with Crippen molar-refractivity contribution in [3.63, 3.8) is 0 Å². The molecule has 1 aromatic heterocycles. The highest BCUT2D eigenvalue weighted by molar-refractivity contribution is 6.27. The van der Waals surface area contributed by atoms with Crippen molar-refractivity contribution >= 4 is 29.2 Å². The molecule has 2 fully saturated rings. The molecule has 1 N–H and O–H groups in total. The van der Waals surface area contributed by atoms with Crippen LogP contribution in [0.25, 0.3) is 0 Å². The van der Waals surface area contributed by atoms with Gasteiger partial charge in [0, 0.05) is 57.7 Å². The number of urea groups is 1. The second kappa shape index (κ2) is 12.9. The molecule has 238 valence electrons. The van der Waals surface area contributed by atoms with Crippen molar-refractivity contribution in [1.82, 2.24) is 20.1 Å². The number of pyridine rings is 1. The van der Waals surface area contributed by atoms with Crippen LogP contribution in [0.1, 0.15) is 46.9 Å². The fraction of sp³-hybridized carbons (Fsp3) is 0.375. The molecule has 4 amide bonds. The number of alkyl halides is 3. The molecule has 2 aliphatic heterocycles. The molecule has 0 spiro atoms. The van der Waals surface area contributed by atoms with Gasteiger partial charge in [-0.3, -0.25) is 24.4 Å². The van der Waals surface area contributed by atoms with E-state index in [1.165, 1.54) is 31.4 Å². The number of hydrogen-bond acceptors (Lipinski definition) is 7. The summed E-state index contributed by atoms with van der Waals surface area (Å²) >= 11 is 0. The van der Waals surface area contributed by atoms with E-state index in [2.05, 4.69) is 15.2 Å². The zero-order valence-corrected chi connectivity index (χ0v) is 25.5. The van der Waals surface area contributed by atoms with Crippen LogP contribution in [0.5, 0.6) is 11.5 Å². The van der Waals surface area contributed by atoms with Crippen molar-refractivity contribution < 1.29 is 32.3 Å². The largest absolute Gasteiger partial charge is 0.457 e. The molecule has 0 bridgehead atoms. The number of ether oxygens (including phenoxy) is 1. The number of imide groups is 1. The Morgan fingerprint density at radius 2 is 1.71 bits per heavy atom.